The summed E-state index contributed by atoms with van der Waals surface area (Å²) in [7, 11) is 1.70. The first-order valence-electron chi connectivity index (χ1n) is 16.9. The number of rotatable bonds is 8. The number of H-pyrrole nitrogens is 1. The van der Waals surface area contributed by atoms with Crippen LogP contribution < -0.4 is 15.8 Å². The van der Waals surface area contributed by atoms with Crippen molar-refractivity contribution in [3.63, 3.8) is 0 Å². The number of carbonyl (C=O) groups excluding carboxylic acids is 1. The predicted molar refractivity (Wildman–Crippen MR) is 186 cm³/mol. The number of benzene rings is 2. The van der Waals surface area contributed by atoms with E-state index in [-0.39, 0.29) is 23.7 Å². The maximum atomic E-state index is 14.4. The third-order valence-electron chi connectivity index (χ3n) is 11.0. The zero-order valence-corrected chi connectivity index (χ0v) is 27.9. The summed E-state index contributed by atoms with van der Waals surface area (Å²) in [5.74, 6) is 1.20. The molecule has 12 heteroatoms. The molecule has 2 N–H and O–H groups in total. The molecular formula is C38H31FN6O4S. The van der Waals surface area contributed by atoms with Crippen molar-refractivity contribution in [1.29, 1.82) is 0 Å². The molecule has 0 unspecified atom stereocenters. The second-order valence-electron chi connectivity index (χ2n) is 13.8. The van der Waals surface area contributed by atoms with E-state index in [1.54, 1.807) is 36.8 Å². The number of thiophene rings is 1. The molecule has 0 radical (unpaired) electrons. The summed E-state index contributed by atoms with van der Waals surface area (Å²) in [6.07, 6.45) is 6.45. The molecule has 2 bridgehead atoms. The summed E-state index contributed by atoms with van der Waals surface area (Å²) in [4.78, 5) is 39.7. The number of fused-ring (bicyclic) bond motifs is 3. The number of ether oxygens (including phenoxy) is 1. The Labute approximate surface area is 289 Å². The largest absolute Gasteiger partial charge is 0.496 e. The van der Waals surface area contributed by atoms with Gasteiger partial charge in [-0.2, -0.15) is 0 Å². The number of nitrogens with zero attached hydrogens (tertiary/aromatic N) is 4. The Morgan fingerprint density at radius 3 is 2.76 bits per heavy atom. The normalized spacial score (nSPS) is 21.3. The molecule has 50 heavy (non-hydrogen) atoms. The molecule has 3 aliphatic heterocycles. The summed E-state index contributed by atoms with van der Waals surface area (Å²) in [5, 5.41) is 11.4. The van der Waals surface area contributed by atoms with Crippen LogP contribution in [0, 0.1) is 11.7 Å². The number of pyridine rings is 2. The minimum absolute atomic E-state index is 0.0443. The standard InChI is InChI=1S/C38H31FN6O4S/c1-48-27-4-2-3-23-24(27)10-12-25(23)42-34-32-21(13-14-40-34)15-28(50-32)30-29(35-43-44-37(47)49-35)26(11-7-19-5-8-22(39)9-6-19)41-33-31(30)36(46)45-18-20-16-38(33,45)17-20/h2-6,8-9,13-15,20,25H,7,10-12,16-18H2,1H3,(H,40,42)(H,44,47)/t20?,25-,38?/m1/s1. The monoisotopic (exact) mass is 686 g/mol. The van der Waals surface area contributed by atoms with Crippen molar-refractivity contribution in [2.24, 2.45) is 5.92 Å². The lowest BCUT2D eigenvalue weighted by atomic mass is 9.71. The third kappa shape index (κ3) is 4.27. The maximum Gasteiger partial charge on any atom is 0.434 e. The van der Waals surface area contributed by atoms with Gasteiger partial charge >= 0.3 is 5.76 Å². The van der Waals surface area contributed by atoms with E-state index >= 15 is 0 Å². The van der Waals surface area contributed by atoms with Gasteiger partial charge in [-0.05, 0) is 96.9 Å². The maximum absolute atomic E-state index is 14.4. The highest BCUT2D eigenvalue weighted by atomic mass is 32.1. The van der Waals surface area contributed by atoms with Crippen molar-refractivity contribution in [3.8, 4) is 27.6 Å². The second-order valence-corrected chi connectivity index (χ2v) is 14.8. The van der Waals surface area contributed by atoms with Crippen LogP contribution in [0.3, 0.4) is 0 Å². The first-order chi connectivity index (χ1) is 24.4. The second kappa shape index (κ2) is 10.8. The quantitative estimate of drug-likeness (QED) is 0.179. The van der Waals surface area contributed by atoms with Crippen LogP contribution in [-0.4, -0.2) is 44.6 Å². The molecule has 7 heterocycles. The van der Waals surface area contributed by atoms with Crippen LogP contribution in [0.25, 0.3) is 32.0 Å². The molecule has 4 aromatic heterocycles. The number of methoxy groups -OCH3 is 1. The van der Waals surface area contributed by atoms with E-state index in [0.717, 1.165) is 63.5 Å². The SMILES string of the molecule is COc1cccc2c1CC[C@H]2Nc1nccc2cc(-c3c4c(nc(CCc5ccc(F)cc5)c3-c3n[nH]c(=O)o3)C35CC(CN3C4=O)C5)sc12. The van der Waals surface area contributed by atoms with Gasteiger partial charge in [0.25, 0.3) is 11.8 Å². The minimum Gasteiger partial charge on any atom is -0.496 e. The lowest BCUT2D eigenvalue weighted by Crippen LogP contribution is -2.40. The predicted octanol–water partition coefficient (Wildman–Crippen LogP) is 6.81. The summed E-state index contributed by atoms with van der Waals surface area (Å²) in [6, 6.07) is 16.7. The molecule has 5 aliphatic rings. The van der Waals surface area contributed by atoms with Gasteiger partial charge in [0.15, 0.2) is 0 Å². The summed E-state index contributed by atoms with van der Waals surface area (Å²) in [6.45, 7) is 0.713. The molecule has 2 aliphatic carbocycles. The number of anilines is 1. The van der Waals surface area contributed by atoms with Crippen LogP contribution in [0.5, 0.6) is 5.75 Å². The fraction of sp³-hybridized carbons (Fsp3) is 0.289. The lowest BCUT2D eigenvalue weighted by Gasteiger charge is -2.37. The van der Waals surface area contributed by atoms with E-state index < -0.39 is 11.3 Å². The van der Waals surface area contributed by atoms with E-state index in [9.17, 15) is 14.0 Å². The highest BCUT2D eigenvalue weighted by Crippen LogP contribution is 2.63. The van der Waals surface area contributed by atoms with Crippen LogP contribution in [0.15, 0.2) is 70.0 Å². The fourth-order valence-corrected chi connectivity index (χ4v) is 9.98. The van der Waals surface area contributed by atoms with Crippen molar-refractivity contribution in [2.75, 3.05) is 19.0 Å². The number of carbonyl (C=O) groups is 1. The van der Waals surface area contributed by atoms with Crippen molar-refractivity contribution in [2.45, 2.75) is 50.1 Å². The van der Waals surface area contributed by atoms with E-state index in [0.29, 0.717) is 47.7 Å². The number of halogens is 1. The third-order valence-corrected chi connectivity index (χ3v) is 12.2. The number of nitrogens with one attached hydrogen (secondary N) is 2. The van der Waals surface area contributed by atoms with Gasteiger partial charge in [-0.3, -0.25) is 9.78 Å². The average Bonchev–Trinajstić information content (AvgIpc) is 3.96. The molecule has 2 saturated heterocycles. The highest BCUT2D eigenvalue weighted by molar-refractivity contribution is 7.23. The van der Waals surface area contributed by atoms with Gasteiger partial charge < -0.3 is 19.4 Å². The van der Waals surface area contributed by atoms with Crippen LogP contribution in [0.4, 0.5) is 10.2 Å². The molecule has 1 spiro atoms. The summed E-state index contributed by atoms with van der Waals surface area (Å²) < 4.78 is 26.0. The van der Waals surface area contributed by atoms with Gasteiger partial charge in [0.05, 0.1) is 45.9 Å². The molecule has 1 atom stereocenters. The van der Waals surface area contributed by atoms with Gasteiger partial charge in [-0.1, -0.05) is 24.3 Å². The van der Waals surface area contributed by atoms with Crippen LogP contribution >= 0.6 is 11.3 Å². The van der Waals surface area contributed by atoms with E-state index in [1.807, 2.05) is 23.1 Å². The number of amides is 1. The Morgan fingerprint density at radius 1 is 1.10 bits per heavy atom. The van der Waals surface area contributed by atoms with Crippen molar-refractivity contribution in [3.05, 3.63) is 111 Å². The topological polar surface area (TPSA) is 126 Å². The smallest absolute Gasteiger partial charge is 0.434 e. The van der Waals surface area contributed by atoms with Gasteiger partial charge in [0.1, 0.15) is 17.4 Å². The molecule has 1 saturated carbocycles. The lowest BCUT2D eigenvalue weighted by molar-refractivity contribution is 0.0637. The van der Waals surface area contributed by atoms with E-state index in [2.05, 4.69) is 27.6 Å². The van der Waals surface area contributed by atoms with Gasteiger partial charge in [-0.25, -0.2) is 19.3 Å². The molecule has 10 nitrogen and oxygen atoms in total. The van der Waals surface area contributed by atoms with Gasteiger partial charge in [-0.15, -0.1) is 16.4 Å². The Hall–Kier alpha value is -5.36. The van der Waals surface area contributed by atoms with E-state index in [4.69, 9.17) is 19.1 Å². The first kappa shape index (κ1) is 29.5. The Balaban J connectivity index is 1.15. The first-order valence-corrected chi connectivity index (χ1v) is 17.7. The Morgan fingerprint density at radius 2 is 1.96 bits per heavy atom. The van der Waals surface area contributed by atoms with Crippen LogP contribution in [0.2, 0.25) is 0 Å². The van der Waals surface area contributed by atoms with Crippen LogP contribution in [-0.2, 0) is 24.8 Å². The number of hydrogen-bond acceptors (Lipinski definition) is 9. The molecule has 250 valence electrons. The van der Waals surface area contributed by atoms with Gasteiger partial charge in [0.2, 0.25) is 0 Å². The number of aromatic amines is 1. The number of aromatic nitrogens is 4. The molecule has 6 aromatic rings. The van der Waals surface area contributed by atoms with Crippen LogP contribution in [0.1, 0.15) is 63.7 Å². The summed E-state index contributed by atoms with van der Waals surface area (Å²) >= 11 is 1.55. The zero-order chi connectivity index (χ0) is 33.7. The Bertz CT molecular complexity index is 2430. The fourth-order valence-electron chi connectivity index (χ4n) is 8.82. The van der Waals surface area contributed by atoms with Crippen molar-refractivity contribution < 1.29 is 18.3 Å². The van der Waals surface area contributed by atoms with E-state index in [1.165, 1.54) is 23.3 Å². The molecular weight excluding hydrogens is 656 g/mol. The Kier molecular flexibility index (Phi) is 6.39. The number of hydrogen-bond donors (Lipinski definition) is 2. The van der Waals surface area contributed by atoms with Crippen molar-refractivity contribution in [1.82, 2.24) is 25.1 Å². The molecule has 1 amide bonds. The highest BCUT2D eigenvalue weighted by Gasteiger charge is 2.65. The molecule has 3 fully saturated rings. The van der Waals surface area contributed by atoms with Gasteiger partial charge in [0, 0.05) is 23.2 Å². The average molecular weight is 687 g/mol. The van der Waals surface area contributed by atoms with Crippen molar-refractivity contribution >= 4 is 33.1 Å². The minimum atomic E-state index is -0.691. The zero-order valence-electron chi connectivity index (χ0n) is 27.1. The molecule has 2 aromatic carbocycles. The molecule has 11 rings (SSSR count). The number of aryl methyl sites for hydroxylation is 2. The summed E-state index contributed by atoms with van der Waals surface area (Å²) in [5.41, 5.74) is 6.20.